The van der Waals surface area contributed by atoms with Gasteiger partial charge in [0.15, 0.2) is 0 Å². The molecule has 25 heavy (non-hydrogen) atoms. The van der Waals surface area contributed by atoms with Gasteiger partial charge in [-0.25, -0.2) is 0 Å². The number of aryl methyl sites for hydroxylation is 1. The molecule has 0 atom stereocenters. The number of aromatic nitrogens is 2. The molecule has 134 valence electrons. The quantitative estimate of drug-likeness (QED) is 0.771. The summed E-state index contributed by atoms with van der Waals surface area (Å²) in [6.07, 6.45) is 0.827. The summed E-state index contributed by atoms with van der Waals surface area (Å²) in [5.74, 6) is -0.0609. The van der Waals surface area contributed by atoms with Crippen molar-refractivity contribution in [2.24, 2.45) is 5.92 Å². The zero-order valence-electron chi connectivity index (χ0n) is 14.9. The minimum absolute atomic E-state index is 0.0410. The summed E-state index contributed by atoms with van der Waals surface area (Å²) in [6, 6.07) is 7.35. The van der Waals surface area contributed by atoms with Crippen LogP contribution in [0.1, 0.15) is 35.6 Å². The van der Waals surface area contributed by atoms with Crippen LogP contribution < -0.4 is 5.32 Å². The molecule has 2 rings (SSSR count). The third-order valence-corrected chi connectivity index (χ3v) is 4.16. The summed E-state index contributed by atoms with van der Waals surface area (Å²) in [7, 11) is 1.59. The van der Waals surface area contributed by atoms with Crippen molar-refractivity contribution < 1.29 is 9.59 Å². The van der Waals surface area contributed by atoms with Crippen LogP contribution in [0.15, 0.2) is 28.7 Å². The summed E-state index contributed by atoms with van der Waals surface area (Å²) in [5.41, 5.74) is 2.92. The predicted octanol–water partition coefficient (Wildman–Crippen LogP) is 3.39. The van der Waals surface area contributed by atoms with Gasteiger partial charge in [0, 0.05) is 22.9 Å². The standard InChI is InChI=1S/C18H23BrN4O2/c1-11(2)7-14-9-16(22-21-14)18(25)23(4)10-17(24)20-15-6-5-13(19)8-12(15)3/h5-6,8-9,11H,7,10H2,1-4H3,(H,20,24)(H,21,22). The maximum absolute atomic E-state index is 12.4. The number of nitrogens with one attached hydrogen (secondary N) is 2. The molecular weight excluding hydrogens is 384 g/mol. The molecule has 0 unspecified atom stereocenters. The van der Waals surface area contributed by atoms with Gasteiger partial charge in [0.1, 0.15) is 5.69 Å². The van der Waals surface area contributed by atoms with Crippen LogP contribution in [0.5, 0.6) is 0 Å². The highest BCUT2D eigenvalue weighted by molar-refractivity contribution is 9.10. The average molecular weight is 407 g/mol. The monoisotopic (exact) mass is 406 g/mol. The lowest BCUT2D eigenvalue weighted by Crippen LogP contribution is -2.35. The second-order valence-corrected chi connectivity index (χ2v) is 7.46. The first-order chi connectivity index (χ1) is 11.8. The lowest BCUT2D eigenvalue weighted by molar-refractivity contribution is -0.116. The van der Waals surface area contributed by atoms with E-state index >= 15 is 0 Å². The van der Waals surface area contributed by atoms with Crippen molar-refractivity contribution >= 4 is 33.4 Å². The third kappa shape index (κ3) is 5.42. The molecule has 1 aromatic carbocycles. The molecule has 0 radical (unpaired) electrons. The van der Waals surface area contributed by atoms with E-state index in [1.807, 2.05) is 25.1 Å². The number of anilines is 1. The summed E-state index contributed by atoms with van der Waals surface area (Å²) < 4.78 is 0.950. The van der Waals surface area contributed by atoms with Gasteiger partial charge in [0.05, 0.1) is 6.54 Å². The zero-order chi connectivity index (χ0) is 18.6. The van der Waals surface area contributed by atoms with Gasteiger partial charge in [-0.2, -0.15) is 5.10 Å². The predicted molar refractivity (Wildman–Crippen MR) is 102 cm³/mol. The van der Waals surface area contributed by atoms with Crippen molar-refractivity contribution in [1.29, 1.82) is 0 Å². The molecule has 2 amide bonds. The molecule has 0 fully saturated rings. The second-order valence-electron chi connectivity index (χ2n) is 6.55. The van der Waals surface area contributed by atoms with E-state index < -0.39 is 0 Å². The number of amides is 2. The molecular formula is C18H23BrN4O2. The number of hydrogen-bond acceptors (Lipinski definition) is 3. The lowest BCUT2D eigenvalue weighted by Gasteiger charge is -2.16. The molecule has 1 aromatic heterocycles. The molecule has 0 saturated heterocycles. The Bertz CT molecular complexity index is 770. The van der Waals surface area contributed by atoms with Gasteiger partial charge in [-0.3, -0.25) is 14.7 Å². The van der Waals surface area contributed by atoms with Crippen LogP contribution in [-0.4, -0.2) is 40.5 Å². The lowest BCUT2D eigenvalue weighted by atomic mass is 10.1. The van der Waals surface area contributed by atoms with E-state index in [-0.39, 0.29) is 18.4 Å². The Hall–Kier alpha value is -2.15. The van der Waals surface area contributed by atoms with E-state index in [9.17, 15) is 9.59 Å². The Morgan fingerprint density at radius 2 is 2.04 bits per heavy atom. The van der Waals surface area contributed by atoms with E-state index in [1.54, 1.807) is 13.1 Å². The van der Waals surface area contributed by atoms with E-state index in [0.717, 1.165) is 27.8 Å². The molecule has 0 aliphatic rings. The van der Waals surface area contributed by atoms with Crippen LogP contribution in [0.3, 0.4) is 0 Å². The normalized spacial score (nSPS) is 10.8. The van der Waals surface area contributed by atoms with Crippen LogP contribution in [0, 0.1) is 12.8 Å². The number of hydrogen-bond donors (Lipinski definition) is 2. The van der Waals surface area contributed by atoms with Crippen molar-refractivity contribution in [3.63, 3.8) is 0 Å². The number of H-pyrrole nitrogens is 1. The minimum atomic E-state index is -0.283. The molecule has 0 saturated carbocycles. The molecule has 6 nitrogen and oxygen atoms in total. The summed E-state index contributed by atoms with van der Waals surface area (Å²) in [4.78, 5) is 26.0. The largest absolute Gasteiger partial charge is 0.331 e. The summed E-state index contributed by atoms with van der Waals surface area (Å²) in [6.45, 7) is 6.07. The van der Waals surface area contributed by atoms with Gasteiger partial charge in [-0.15, -0.1) is 0 Å². The number of likely N-dealkylation sites (N-methyl/N-ethyl adjacent to an activating group) is 1. The number of rotatable bonds is 6. The zero-order valence-corrected chi connectivity index (χ0v) is 16.5. The van der Waals surface area contributed by atoms with Gasteiger partial charge < -0.3 is 10.2 Å². The van der Waals surface area contributed by atoms with Crippen molar-refractivity contribution in [1.82, 2.24) is 15.1 Å². The molecule has 1 heterocycles. The first-order valence-electron chi connectivity index (χ1n) is 8.12. The number of carbonyl (C=O) groups is 2. The van der Waals surface area contributed by atoms with Gasteiger partial charge in [-0.1, -0.05) is 29.8 Å². The average Bonchev–Trinajstić information content (AvgIpc) is 2.96. The van der Waals surface area contributed by atoms with Crippen LogP contribution in [0.4, 0.5) is 5.69 Å². The van der Waals surface area contributed by atoms with E-state index in [0.29, 0.717) is 11.6 Å². The number of benzene rings is 1. The highest BCUT2D eigenvalue weighted by Gasteiger charge is 2.18. The van der Waals surface area contributed by atoms with E-state index in [1.165, 1.54) is 4.90 Å². The first kappa shape index (κ1) is 19.2. The minimum Gasteiger partial charge on any atom is -0.331 e. The first-order valence-corrected chi connectivity index (χ1v) is 8.91. The maximum Gasteiger partial charge on any atom is 0.274 e. The Morgan fingerprint density at radius 3 is 2.68 bits per heavy atom. The fraction of sp³-hybridized carbons (Fsp3) is 0.389. The topological polar surface area (TPSA) is 78.1 Å². The molecule has 0 bridgehead atoms. The Balaban J connectivity index is 1.95. The number of nitrogens with zero attached hydrogens (tertiary/aromatic N) is 2. The number of aromatic amines is 1. The van der Waals surface area contributed by atoms with E-state index in [4.69, 9.17) is 0 Å². The Kier molecular flexibility index (Phi) is 6.36. The molecule has 0 spiro atoms. The molecule has 2 aromatic rings. The SMILES string of the molecule is Cc1cc(Br)ccc1NC(=O)CN(C)C(=O)c1cc(CC(C)C)[nH]n1. The van der Waals surface area contributed by atoms with Crippen molar-refractivity contribution in [3.8, 4) is 0 Å². The fourth-order valence-corrected chi connectivity index (χ4v) is 2.93. The van der Waals surface area contributed by atoms with Crippen molar-refractivity contribution in [2.45, 2.75) is 27.2 Å². The third-order valence-electron chi connectivity index (χ3n) is 3.67. The van der Waals surface area contributed by atoms with Crippen molar-refractivity contribution in [2.75, 3.05) is 18.9 Å². The van der Waals surface area contributed by atoms with Gasteiger partial charge >= 0.3 is 0 Å². The smallest absolute Gasteiger partial charge is 0.274 e. The molecule has 0 aliphatic carbocycles. The van der Waals surface area contributed by atoms with Crippen molar-refractivity contribution in [3.05, 3.63) is 45.7 Å². The van der Waals surface area contributed by atoms with Gasteiger partial charge in [0.25, 0.3) is 5.91 Å². The van der Waals surface area contributed by atoms with Gasteiger partial charge in [0.2, 0.25) is 5.91 Å². The summed E-state index contributed by atoms with van der Waals surface area (Å²) in [5, 5.41) is 9.75. The highest BCUT2D eigenvalue weighted by atomic mass is 79.9. The van der Waals surface area contributed by atoms with Crippen LogP contribution >= 0.6 is 15.9 Å². The van der Waals surface area contributed by atoms with Crippen LogP contribution in [0.2, 0.25) is 0 Å². The maximum atomic E-state index is 12.4. The highest BCUT2D eigenvalue weighted by Crippen LogP contribution is 2.20. The number of halogens is 1. The Morgan fingerprint density at radius 1 is 1.32 bits per heavy atom. The van der Waals surface area contributed by atoms with Gasteiger partial charge in [-0.05, 0) is 49.1 Å². The second kappa shape index (κ2) is 8.29. The molecule has 2 N–H and O–H groups in total. The van der Waals surface area contributed by atoms with Crippen LogP contribution in [-0.2, 0) is 11.2 Å². The molecule has 7 heteroatoms. The fourth-order valence-electron chi connectivity index (χ4n) is 2.46. The molecule has 0 aliphatic heterocycles. The summed E-state index contributed by atoms with van der Waals surface area (Å²) >= 11 is 3.39. The Labute approximate surface area is 156 Å². The van der Waals surface area contributed by atoms with E-state index in [2.05, 4.69) is 45.3 Å². The number of carbonyl (C=O) groups excluding carboxylic acids is 2. The van der Waals surface area contributed by atoms with Crippen LogP contribution in [0.25, 0.3) is 0 Å².